The van der Waals surface area contributed by atoms with Crippen molar-refractivity contribution in [1.29, 1.82) is 0 Å². The predicted octanol–water partition coefficient (Wildman–Crippen LogP) is 1.34. The summed E-state index contributed by atoms with van der Waals surface area (Å²) in [5.41, 5.74) is 0. The normalized spacial score (nSPS) is 11.8. The quantitative estimate of drug-likeness (QED) is 0.519. The van der Waals surface area contributed by atoms with Crippen molar-refractivity contribution < 1.29 is 13.2 Å². The van der Waals surface area contributed by atoms with E-state index in [-0.39, 0.29) is 5.91 Å². The molecule has 0 fully saturated rings. The summed E-state index contributed by atoms with van der Waals surface area (Å²) in [6.45, 7) is 5.72. The molecule has 1 heterocycles. The molecule has 6 nitrogen and oxygen atoms in total. The molecule has 8 heteroatoms. The third kappa shape index (κ3) is 7.92. The van der Waals surface area contributed by atoms with Gasteiger partial charge in [-0.05, 0) is 44.5 Å². The Kier molecular flexibility index (Phi) is 8.75. The fourth-order valence-corrected chi connectivity index (χ4v) is 4.42. The van der Waals surface area contributed by atoms with Crippen molar-refractivity contribution in [3.63, 3.8) is 0 Å². The Balaban J connectivity index is 2.43. The molecule has 0 aliphatic heterocycles. The highest BCUT2D eigenvalue weighted by atomic mass is 32.2. The van der Waals surface area contributed by atoms with Gasteiger partial charge in [-0.25, -0.2) is 13.1 Å². The van der Waals surface area contributed by atoms with E-state index in [9.17, 15) is 13.2 Å². The van der Waals surface area contributed by atoms with Gasteiger partial charge >= 0.3 is 0 Å². The van der Waals surface area contributed by atoms with Crippen LogP contribution in [-0.2, 0) is 21.2 Å². The van der Waals surface area contributed by atoms with Gasteiger partial charge in [-0.15, -0.1) is 11.3 Å². The highest BCUT2D eigenvalue weighted by Gasteiger charge is 2.16. The lowest BCUT2D eigenvalue weighted by atomic mass is 10.1. The van der Waals surface area contributed by atoms with Crippen LogP contribution < -0.4 is 15.4 Å². The van der Waals surface area contributed by atoms with Crippen molar-refractivity contribution in [2.24, 2.45) is 5.92 Å². The lowest BCUT2D eigenvalue weighted by Crippen LogP contribution is -2.26. The van der Waals surface area contributed by atoms with Crippen molar-refractivity contribution in [3.05, 3.63) is 17.0 Å². The molecule has 1 aromatic rings. The first-order valence-corrected chi connectivity index (χ1v) is 10.1. The molecule has 132 valence electrons. The molecule has 1 rings (SSSR count). The fourth-order valence-electron chi connectivity index (χ4n) is 1.95. The zero-order chi connectivity index (χ0) is 17.3. The molecule has 23 heavy (non-hydrogen) atoms. The number of rotatable bonds is 11. The molecule has 0 radical (unpaired) electrons. The van der Waals surface area contributed by atoms with E-state index in [4.69, 9.17) is 0 Å². The van der Waals surface area contributed by atoms with E-state index < -0.39 is 10.0 Å². The molecule has 0 aliphatic rings. The molecule has 0 bridgehead atoms. The van der Waals surface area contributed by atoms with Gasteiger partial charge in [-0.3, -0.25) is 4.79 Å². The smallest absolute Gasteiger partial charge is 0.250 e. The topological polar surface area (TPSA) is 87.3 Å². The van der Waals surface area contributed by atoms with Crippen LogP contribution in [0.1, 0.15) is 31.6 Å². The van der Waals surface area contributed by atoms with Crippen molar-refractivity contribution in [1.82, 2.24) is 15.4 Å². The molecular weight excluding hydrogens is 334 g/mol. The Labute approximate surface area is 143 Å². The molecule has 0 spiro atoms. The van der Waals surface area contributed by atoms with Gasteiger partial charge in [-0.1, -0.05) is 13.8 Å². The van der Waals surface area contributed by atoms with Gasteiger partial charge in [0.05, 0.1) is 0 Å². The standard InChI is InChI=1S/C15H27N3O3S2/c1-12(2)11-14(19)17-10-7-13-5-6-15(22-13)23(20,21)18-9-4-8-16-3/h5-6,12,16,18H,4,7-11H2,1-3H3,(H,17,19). The van der Waals surface area contributed by atoms with Gasteiger partial charge in [0.15, 0.2) is 0 Å². The number of hydrogen-bond acceptors (Lipinski definition) is 5. The number of sulfonamides is 1. The van der Waals surface area contributed by atoms with Crippen LogP contribution >= 0.6 is 11.3 Å². The summed E-state index contributed by atoms with van der Waals surface area (Å²) in [6, 6.07) is 3.43. The Bertz CT molecular complexity index is 583. The Hall–Kier alpha value is -0.960. The molecule has 1 aromatic heterocycles. The van der Waals surface area contributed by atoms with Gasteiger partial charge in [0.25, 0.3) is 0 Å². The maximum absolute atomic E-state index is 12.1. The third-order valence-electron chi connectivity index (χ3n) is 3.08. The van der Waals surface area contributed by atoms with Gasteiger partial charge < -0.3 is 10.6 Å². The molecule has 0 aromatic carbocycles. The van der Waals surface area contributed by atoms with Gasteiger partial charge in [0.1, 0.15) is 4.21 Å². The van der Waals surface area contributed by atoms with Gasteiger partial charge in [0.2, 0.25) is 15.9 Å². The second-order valence-corrected chi connectivity index (χ2v) is 8.94. The van der Waals surface area contributed by atoms with E-state index in [0.29, 0.717) is 36.1 Å². The number of amides is 1. The minimum absolute atomic E-state index is 0.0376. The average molecular weight is 362 g/mol. The summed E-state index contributed by atoms with van der Waals surface area (Å²) in [5, 5.41) is 5.83. The molecular formula is C15H27N3O3S2. The molecule has 0 saturated carbocycles. The second kappa shape index (κ2) is 10.0. The van der Waals surface area contributed by atoms with Crippen LogP contribution in [0.25, 0.3) is 0 Å². The third-order valence-corrected chi connectivity index (χ3v) is 6.18. The molecule has 0 unspecified atom stereocenters. The average Bonchev–Trinajstić information content (AvgIpc) is 2.92. The lowest BCUT2D eigenvalue weighted by Gasteiger charge is -2.06. The zero-order valence-corrected chi connectivity index (χ0v) is 15.6. The van der Waals surface area contributed by atoms with Crippen molar-refractivity contribution in [2.75, 3.05) is 26.7 Å². The minimum atomic E-state index is -3.42. The highest BCUT2D eigenvalue weighted by molar-refractivity contribution is 7.91. The summed E-state index contributed by atoms with van der Waals surface area (Å²) in [5.74, 6) is 0.373. The van der Waals surface area contributed by atoms with Crippen molar-refractivity contribution >= 4 is 27.3 Å². The fraction of sp³-hybridized carbons (Fsp3) is 0.667. The zero-order valence-electron chi connectivity index (χ0n) is 14.0. The van der Waals surface area contributed by atoms with Gasteiger partial charge in [-0.2, -0.15) is 0 Å². The second-order valence-electron chi connectivity index (χ2n) is 5.77. The van der Waals surface area contributed by atoms with Gasteiger partial charge in [0, 0.05) is 24.4 Å². The number of hydrogen-bond donors (Lipinski definition) is 3. The van der Waals surface area contributed by atoms with E-state index in [1.54, 1.807) is 12.1 Å². The number of nitrogens with one attached hydrogen (secondary N) is 3. The Morgan fingerprint density at radius 3 is 2.61 bits per heavy atom. The van der Waals surface area contributed by atoms with E-state index in [0.717, 1.165) is 17.8 Å². The number of carbonyl (C=O) groups is 1. The van der Waals surface area contributed by atoms with Crippen molar-refractivity contribution in [2.45, 2.75) is 37.3 Å². The van der Waals surface area contributed by atoms with Crippen LogP contribution in [0.5, 0.6) is 0 Å². The first-order valence-electron chi connectivity index (χ1n) is 7.85. The van der Waals surface area contributed by atoms with Crippen LogP contribution in [0.4, 0.5) is 0 Å². The number of carbonyl (C=O) groups excluding carboxylic acids is 1. The molecule has 1 amide bonds. The van der Waals surface area contributed by atoms with E-state index in [1.807, 2.05) is 20.9 Å². The predicted molar refractivity (Wildman–Crippen MR) is 94.2 cm³/mol. The maximum Gasteiger partial charge on any atom is 0.250 e. The summed E-state index contributed by atoms with van der Waals surface area (Å²) in [7, 11) is -1.59. The van der Waals surface area contributed by atoms with Crippen LogP contribution in [0.2, 0.25) is 0 Å². The monoisotopic (exact) mass is 361 g/mol. The molecule has 0 atom stereocenters. The maximum atomic E-state index is 12.1. The molecule has 0 aliphatic carbocycles. The lowest BCUT2D eigenvalue weighted by molar-refractivity contribution is -0.121. The molecule has 3 N–H and O–H groups in total. The Morgan fingerprint density at radius 1 is 1.22 bits per heavy atom. The summed E-state index contributed by atoms with van der Waals surface area (Å²) in [6.07, 6.45) is 1.90. The SMILES string of the molecule is CNCCCNS(=O)(=O)c1ccc(CCNC(=O)CC(C)C)s1. The first kappa shape index (κ1) is 20.1. The Morgan fingerprint density at radius 2 is 1.96 bits per heavy atom. The van der Waals surface area contributed by atoms with E-state index in [2.05, 4.69) is 15.4 Å². The van der Waals surface area contributed by atoms with Crippen LogP contribution in [0, 0.1) is 5.92 Å². The molecule has 0 saturated heterocycles. The summed E-state index contributed by atoms with van der Waals surface area (Å²) < 4.78 is 27.2. The van der Waals surface area contributed by atoms with Crippen LogP contribution in [0.3, 0.4) is 0 Å². The minimum Gasteiger partial charge on any atom is -0.356 e. The summed E-state index contributed by atoms with van der Waals surface area (Å²) in [4.78, 5) is 12.5. The summed E-state index contributed by atoms with van der Waals surface area (Å²) >= 11 is 1.25. The number of thiophene rings is 1. The largest absolute Gasteiger partial charge is 0.356 e. The van der Waals surface area contributed by atoms with Crippen LogP contribution in [-0.4, -0.2) is 41.0 Å². The highest BCUT2D eigenvalue weighted by Crippen LogP contribution is 2.21. The van der Waals surface area contributed by atoms with Crippen molar-refractivity contribution in [3.8, 4) is 0 Å². The van der Waals surface area contributed by atoms with E-state index >= 15 is 0 Å². The van der Waals surface area contributed by atoms with Crippen LogP contribution in [0.15, 0.2) is 16.3 Å². The first-order chi connectivity index (χ1) is 10.8. The van der Waals surface area contributed by atoms with E-state index in [1.165, 1.54) is 11.3 Å².